The Morgan fingerprint density at radius 3 is 2.58 bits per heavy atom. The summed E-state index contributed by atoms with van der Waals surface area (Å²) in [4.78, 5) is 33.1. The summed E-state index contributed by atoms with van der Waals surface area (Å²) in [5.41, 5.74) is 4.77. The molecule has 8 nitrogen and oxygen atoms in total. The van der Waals surface area contributed by atoms with E-state index in [4.69, 9.17) is 18.8 Å². The Bertz CT molecular complexity index is 814. The van der Waals surface area contributed by atoms with Gasteiger partial charge in [0, 0.05) is 31.5 Å². The SMILES string of the molecule is COC1=C(C/C=C(\C)C[P+](O)(O)ONC(C)C)C(OCC[Si](C)(C)C)=C2C(=O)OCC2C1C. The second-order valence-electron chi connectivity index (χ2n) is 10.4. The number of ether oxygens (including phenoxy) is 3. The minimum atomic E-state index is -3.58. The lowest BCUT2D eigenvalue weighted by Gasteiger charge is -2.31. The highest BCUT2D eigenvalue weighted by atomic mass is 31.2. The standard InChI is InChI=1S/C23H41NO7PSi/c1-15(2)24-31-32(26,27)14-16(3)9-10-18-21(28-5)17(4)19-13-30-23(25)20(19)22(18)29-11-12-33(6,7)8/h9,15,17,19,24,26-27H,10-14H2,1-8H3/q+1/b16-9+. The highest BCUT2D eigenvalue weighted by Gasteiger charge is 2.45. The number of fused-ring (bicyclic) bond motifs is 1. The predicted molar refractivity (Wildman–Crippen MR) is 133 cm³/mol. The second-order valence-corrected chi connectivity index (χ2v) is 17.8. The summed E-state index contributed by atoms with van der Waals surface area (Å²) >= 11 is 0. The minimum Gasteiger partial charge on any atom is -0.500 e. The monoisotopic (exact) mass is 502 g/mol. The number of rotatable bonds is 12. The molecular weight excluding hydrogens is 461 g/mol. The van der Waals surface area contributed by atoms with Crippen LogP contribution in [0.1, 0.15) is 34.1 Å². The fourth-order valence-corrected chi connectivity index (χ4v) is 5.82. The molecule has 1 heterocycles. The van der Waals surface area contributed by atoms with Crippen molar-refractivity contribution in [2.75, 3.05) is 26.5 Å². The minimum absolute atomic E-state index is 0.00488. The zero-order valence-electron chi connectivity index (χ0n) is 21.2. The lowest BCUT2D eigenvalue weighted by atomic mass is 9.79. The van der Waals surface area contributed by atoms with E-state index in [2.05, 4.69) is 25.1 Å². The maximum absolute atomic E-state index is 12.6. The zero-order valence-corrected chi connectivity index (χ0v) is 23.1. The lowest BCUT2D eigenvalue weighted by molar-refractivity contribution is -0.135. The third-order valence-corrected chi connectivity index (χ3v) is 8.69. The predicted octanol–water partition coefficient (Wildman–Crippen LogP) is 4.33. The molecule has 0 amide bonds. The molecule has 1 aliphatic heterocycles. The van der Waals surface area contributed by atoms with Crippen molar-refractivity contribution in [3.05, 3.63) is 34.3 Å². The second kappa shape index (κ2) is 11.5. The molecule has 1 saturated heterocycles. The van der Waals surface area contributed by atoms with Gasteiger partial charge in [-0.3, -0.25) is 0 Å². The van der Waals surface area contributed by atoms with E-state index in [1.165, 1.54) is 0 Å². The molecule has 2 aliphatic rings. The molecule has 2 rings (SSSR count). The molecule has 3 N–H and O–H groups in total. The van der Waals surface area contributed by atoms with Crippen LogP contribution in [0.15, 0.2) is 34.3 Å². The van der Waals surface area contributed by atoms with Crippen molar-refractivity contribution in [1.82, 2.24) is 5.48 Å². The van der Waals surface area contributed by atoms with Crippen molar-refractivity contribution in [3.63, 3.8) is 0 Å². The van der Waals surface area contributed by atoms with E-state index in [1.54, 1.807) is 7.11 Å². The van der Waals surface area contributed by atoms with Gasteiger partial charge in [0.2, 0.25) is 0 Å². The summed E-state index contributed by atoms with van der Waals surface area (Å²) in [5.74, 6) is 0.900. The van der Waals surface area contributed by atoms with Gasteiger partial charge >= 0.3 is 13.9 Å². The fraction of sp³-hybridized carbons (Fsp3) is 0.696. The number of hydrogen-bond acceptors (Lipinski definition) is 8. The topological polar surface area (TPSA) is 106 Å². The van der Waals surface area contributed by atoms with Gasteiger partial charge in [0.15, 0.2) is 6.16 Å². The van der Waals surface area contributed by atoms with E-state index in [-0.39, 0.29) is 30.0 Å². The van der Waals surface area contributed by atoms with Crippen molar-refractivity contribution in [2.45, 2.75) is 65.8 Å². The Kier molecular flexibility index (Phi) is 9.74. The molecule has 0 spiro atoms. The summed E-state index contributed by atoms with van der Waals surface area (Å²) < 4.78 is 22.5. The third-order valence-electron chi connectivity index (χ3n) is 5.68. The Morgan fingerprint density at radius 1 is 1.33 bits per heavy atom. The number of hydroxylamine groups is 1. The lowest BCUT2D eigenvalue weighted by Crippen LogP contribution is -2.27. The van der Waals surface area contributed by atoms with Crippen LogP contribution in [0.25, 0.3) is 0 Å². The number of allylic oxidation sites excluding steroid dienone is 4. The molecule has 1 fully saturated rings. The van der Waals surface area contributed by atoms with E-state index in [9.17, 15) is 14.6 Å². The average molecular weight is 503 g/mol. The van der Waals surface area contributed by atoms with Gasteiger partial charge in [0.25, 0.3) is 0 Å². The van der Waals surface area contributed by atoms with E-state index < -0.39 is 16.0 Å². The first-order valence-corrected chi connectivity index (χ1v) is 17.0. The van der Waals surface area contributed by atoms with Crippen LogP contribution in [-0.4, -0.2) is 56.4 Å². The van der Waals surface area contributed by atoms with Crippen LogP contribution in [0, 0.1) is 11.8 Å². The molecule has 2 unspecified atom stereocenters. The number of hydrogen-bond donors (Lipinski definition) is 3. The van der Waals surface area contributed by atoms with Crippen molar-refractivity contribution in [1.29, 1.82) is 0 Å². The molecule has 0 aromatic rings. The molecule has 1 aliphatic carbocycles. The van der Waals surface area contributed by atoms with Gasteiger partial charge in [-0.2, -0.15) is 15.3 Å². The van der Waals surface area contributed by atoms with E-state index in [1.807, 2.05) is 33.8 Å². The normalized spacial score (nSPS) is 22.2. The van der Waals surface area contributed by atoms with E-state index >= 15 is 0 Å². The van der Waals surface area contributed by atoms with Crippen molar-refractivity contribution in [3.8, 4) is 0 Å². The summed E-state index contributed by atoms with van der Waals surface area (Å²) in [5, 5.41) is 0. The number of cyclic esters (lactones) is 1. The summed E-state index contributed by atoms with van der Waals surface area (Å²) in [6, 6.07) is 0.929. The van der Waals surface area contributed by atoms with Crippen LogP contribution in [0.2, 0.25) is 25.7 Å². The molecule has 188 valence electrons. The first-order valence-electron chi connectivity index (χ1n) is 11.5. The Balaban J connectivity index is 2.30. The van der Waals surface area contributed by atoms with E-state index in [0.29, 0.717) is 31.0 Å². The largest absolute Gasteiger partial charge is 0.500 e. The first-order chi connectivity index (χ1) is 15.3. The first kappa shape index (κ1) is 28.0. The van der Waals surface area contributed by atoms with Gasteiger partial charge in [-0.05, 0) is 38.8 Å². The smallest absolute Gasteiger partial charge is 0.433 e. The highest BCUT2D eigenvalue weighted by molar-refractivity contribution is 7.59. The molecule has 2 atom stereocenters. The van der Waals surface area contributed by atoms with Crippen LogP contribution in [0.4, 0.5) is 0 Å². The number of nitrogens with one attached hydrogen (secondary N) is 1. The maximum atomic E-state index is 12.6. The average Bonchev–Trinajstić information content (AvgIpc) is 3.07. The van der Waals surface area contributed by atoms with Gasteiger partial charge < -0.3 is 14.2 Å². The Labute approximate surface area is 199 Å². The van der Waals surface area contributed by atoms with Gasteiger partial charge in [-0.1, -0.05) is 37.3 Å². The van der Waals surface area contributed by atoms with Crippen LogP contribution in [-0.2, 0) is 23.6 Å². The molecule has 0 aromatic heterocycles. The summed E-state index contributed by atoms with van der Waals surface area (Å²) in [6.45, 7) is 15.3. The molecule has 0 aromatic carbocycles. The molecule has 0 bridgehead atoms. The van der Waals surface area contributed by atoms with Crippen molar-refractivity contribution < 1.29 is 33.4 Å². The van der Waals surface area contributed by atoms with E-state index in [0.717, 1.165) is 22.9 Å². The highest BCUT2D eigenvalue weighted by Crippen LogP contribution is 2.52. The van der Waals surface area contributed by atoms with Crippen LogP contribution >= 0.6 is 7.94 Å². The Morgan fingerprint density at radius 2 is 2.00 bits per heavy atom. The summed E-state index contributed by atoms with van der Waals surface area (Å²) in [6.07, 6.45) is 2.34. The molecule has 0 radical (unpaired) electrons. The van der Waals surface area contributed by atoms with Gasteiger partial charge in [0.1, 0.15) is 11.5 Å². The van der Waals surface area contributed by atoms with Crippen molar-refractivity contribution in [2.24, 2.45) is 11.8 Å². The van der Waals surface area contributed by atoms with Gasteiger partial charge in [-0.15, -0.1) is 0 Å². The number of esters is 1. The maximum Gasteiger partial charge on any atom is 0.433 e. The zero-order chi connectivity index (χ0) is 25.0. The molecule has 10 heteroatoms. The molecule has 0 saturated carbocycles. The fourth-order valence-electron chi connectivity index (χ4n) is 3.88. The van der Waals surface area contributed by atoms with Crippen LogP contribution in [0.5, 0.6) is 0 Å². The van der Waals surface area contributed by atoms with Crippen molar-refractivity contribution >= 4 is 22.0 Å². The quantitative estimate of drug-likeness (QED) is 0.119. The number of carbonyl (C=O) groups is 1. The molecule has 33 heavy (non-hydrogen) atoms. The Hall–Kier alpha value is -1.22. The summed E-state index contributed by atoms with van der Waals surface area (Å²) in [7, 11) is -3.27. The van der Waals surface area contributed by atoms with Gasteiger partial charge in [-0.25, -0.2) is 4.79 Å². The molecular formula is C23H41NO7PSi+. The van der Waals surface area contributed by atoms with Crippen LogP contribution < -0.4 is 5.48 Å². The van der Waals surface area contributed by atoms with Gasteiger partial charge in [0.05, 0.1) is 25.9 Å². The van der Waals surface area contributed by atoms with Crippen LogP contribution in [0.3, 0.4) is 0 Å². The number of carbonyl (C=O) groups excluding carboxylic acids is 1. The third kappa shape index (κ3) is 7.91. The number of methoxy groups -OCH3 is 1.